The number of hydrogen-bond acceptors (Lipinski definition) is 2. The average molecular weight is 225 g/mol. The molecule has 2 rings (SSSR count). The Kier molecular flexibility index (Phi) is 3.28. The predicted octanol–water partition coefficient (Wildman–Crippen LogP) is 3.95. The van der Waals surface area contributed by atoms with Gasteiger partial charge in [0.15, 0.2) is 0 Å². The smallest absolute Gasteiger partial charge is 0.0998 e. The molecule has 0 amide bonds. The summed E-state index contributed by atoms with van der Waals surface area (Å²) >= 11 is 1.70. The van der Waals surface area contributed by atoms with Gasteiger partial charge in [0.1, 0.15) is 0 Å². The fourth-order valence-electron chi connectivity index (χ4n) is 1.68. The van der Waals surface area contributed by atoms with E-state index in [0.717, 1.165) is 16.7 Å². The van der Waals surface area contributed by atoms with E-state index in [0.29, 0.717) is 0 Å². The molecule has 0 bridgehead atoms. The van der Waals surface area contributed by atoms with Gasteiger partial charge in [0.2, 0.25) is 0 Å². The Bertz CT molecular complexity index is 540. The van der Waals surface area contributed by atoms with Crippen molar-refractivity contribution in [2.75, 3.05) is 6.26 Å². The highest BCUT2D eigenvalue weighted by atomic mass is 32.2. The van der Waals surface area contributed by atoms with E-state index in [2.05, 4.69) is 18.2 Å². The number of benzene rings is 2. The second kappa shape index (κ2) is 4.87. The third-order valence-corrected chi connectivity index (χ3v) is 3.24. The quantitative estimate of drug-likeness (QED) is 0.723. The Morgan fingerprint density at radius 2 is 1.56 bits per heavy atom. The van der Waals surface area contributed by atoms with E-state index in [1.54, 1.807) is 11.8 Å². The lowest BCUT2D eigenvalue weighted by molar-refractivity contribution is 1.42. The summed E-state index contributed by atoms with van der Waals surface area (Å²) in [7, 11) is 0. The minimum absolute atomic E-state index is 0.726. The molecular weight excluding hydrogens is 214 g/mol. The molecule has 0 heterocycles. The lowest BCUT2D eigenvalue weighted by atomic mass is 10.0. The van der Waals surface area contributed by atoms with E-state index < -0.39 is 0 Å². The van der Waals surface area contributed by atoms with Crippen molar-refractivity contribution in [1.82, 2.24) is 0 Å². The highest BCUT2D eigenvalue weighted by molar-refractivity contribution is 7.98. The van der Waals surface area contributed by atoms with Crippen LogP contribution in [-0.2, 0) is 0 Å². The number of nitrogens with zero attached hydrogens (tertiary/aromatic N) is 1. The first-order valence-corrected chi connectivity index (χ1v) is 6.22. The molecule has 0 aliphatic heterocycles. The fourth-order valence-corrected chi connectivity index (χ4v) is 2.30. The molecule has 0 saturated heterocycles. The molecule has 0 radical (unpaired) electrons. The van der Waals surface area contributed by atoms with E-state index in [-0.39, 0.29) is 0 Å². The van der Waals surface area contributed by atoms with Gasteiger partial charge < -0.3 is 0 Å². The number of thioether (sulfide) groups is 1. The van der Waals surface area contributed by atoms with Gasteiger partial charge in [-0.15, -0.1) is 11.8 Å². The Hall–Kier alpha value is -1.72. The molecule has 16 heavy (non-hydrogen) atoms. The lowest BCUT2D eigenvalue weighted by Gasteiger charge is -2.08. The zero-order valence-electron chi connectivity index (χ0n) is 8.97. The molecule has 0 fully saturated rings. The normalized spacial score (nSPS) is 9.75. The van der Waals surface area contributed by atoms with Gasteiger partial charge in [-0.25, -0.2) is 0 Å². The van der Waals surface area contributed by atoms with Gasteiger partial charge in [0.05, 0.1) is 11.6 Å². The second-order valence-corrected chi connectivity index (χ2v) is 4.21. The molecule has 78 valence electrons. The van der Waals surface area contributed by atoms with E-state index >= 15 is 0 Å². The molecule has 0 spiro atoms. The van der Waals surface area contributed by atoms with E-state index in [1.165, 1.54) is 4.90 Å². The van der Waals surface area contributed by atoms with E-state index in [9.17, 15) is 0 Å². The summed E-state index contributed by atoms with van der Waals surface area (Å²) in [5, 5.41) is 9.09. The molecule has 1 nitrogen and oxygen atoms in total. The van der Waals surface area contributed by atoms with Gasteiger partial charge in [0.25, 0.3) is 0 Å². The summed E-state index contributed by atoms with van der Waals surface area (Å²) in [4.78, 5) is 1.20. The Balaban J connectivity index is 2.64. The van der Waals surface area contributed by atoms with Crippen LogP contribution >= 0.6 is 11.8 Å². The molecule has 0 unspecified atom stereocenters. The largest absolute Gasteiger partial charge is 0.192 e. The van der Waals surface area contributed by atoms with Crippen LogP contribution < -0.4 is 0 Å². The summed E-state index contributed by atoms with van der Waals surface area (Å²) in [5.41, 5.74) is 2.87. The minimum atomic E-state index is 0.726. The Labute approximate surface area is 99.7 Å². The summed E-state index contributed by atoms with van der Waals surface area (Å²) in [6, 6.07) is 18.1. The topological polar surface area (TPSA) is 23.8 Å². The zero-order valence-corrected chi connectivity index (χ0v) is 9.79. The van der Waals surface area contributed by atoms with Gasteiger partial charge in [0, 0.05) is 10.5 Å². The maximum absolute atomic E-state index is 9.09. The standard InChI is InChI=1S/C14H11NS/c1-16-14-9-5-4-8-13(14)12-7-3-2-6-11(12)10-15/h2-9H,1H3. The molecule has 0 aromatic heterocycles. The van der Waals surface area contributed by atoms with Crippen LogP contribution in [0.3, 0.4) is 0 Å². The molecule has 2 aromatic rings. The minimum Gasteiger partial charge on any atom is -0.192 e. The third kappa shape index (κ3) is 1.95. The molecule has 0 N–H and O–H groups in total. The highest BCUT2D eigenvalue weighted by Crippen LogP contribution is 2.31. The highest BCUT2D eigenvalue weighted by Gasteiger charge is 2.07. The first kappa shape index (κ1) is 10.8. The van der Waals surface area contributed by atoms with Crippen molar-refractivity contribution in [2.45, 2.75) is 4.90 Å². The Morgan fingerprint density at radius 1 is 0.938 bits per heavy atom. The van der Waals surface area contributed by atoms with Crippen molar-refractivity contribution >= 4 is 11.8 Å². The van der Waals surface area contributed by atoms with Gasteiger partial charge in [-0.3, -0.25) is 0 Å². The van der Waals surface area contributed by atoms with Gasteiger partial charge in [-0.2, -0.15) is 5.26 Å². The molecule has 2 aromatic carbocycles. The van der Waals surface area contributed by atoms with Crippen molar-refractivity contribution in [3.05, 3.63) is 54.1 Å². The molecule has 0 aliphatic rings. The van der Waals surface area contributed by atoms with Gasteiger partial charge in [-0.1, -0.05) is 36.4 Å². The maximum atomic E-state index is 9.09. The molecule has 0 aliphatic carbocycles. The first-order chi connectivity index (χ1) is 7.86. The van der Waals surface area contributed by atoms with Crippen LogP contribution in [0.1, 0.15) is 5.56 Å². The monoisotopic (exact) mass is 225 g/mol. The zero-order chi connectivity index (χ0) is 11.4. The number of nitriles is 1. The van der Waals surface area contributed by atoms with Crippen LogP contribution in [0.5, 0.6) is 0 Å². The average Bonchev–Trinajstić information content (AvgIpc) is 2.38. The van der Waals surface area contributed by atoms with Crippen LogP contribution in [0.4, 0.5) is 0 Å². The molecule has 0 saturated carbocycles. The van der Waals surface area contributed by atoms with Crippen LogP contribution in [-0.4, -0.2) is 6.26 Å². The third-order valence-electron chi connectivity index (χ3n) is 2.44. The van der Waals surface area contributed by atoms with Crippen LogP contribution in [0.2, 0.25) is 0 Å². The lowest BCUT2D eigenvalue weighted by Crippen LogP contribution is -1.85. The van der Waals surface area contributed by atoms with Crippen LogP contribution in [0.15, 0.2) is 53.4 Å². The summed E-state index contributed by atoms with van der Waals surface area (Å²) < 4.78 is 0. The van der Waals surface area contributed by atoms with Crippen LogP contribution in [0.25, 0.3) is 11.1 Å². The van der Waals surface area contributed by atoms with Gasteiger partial charge in [-0.05, 0) is 24.0 Å². The molecule has 2 heteroatoms. The summed E-state index contributed by atoms with van der Waals surface area (Å²) in [6.07, 6.45) is 2.05. The summed E-state index contributed by atoms with van der Waals surface area (Å²) in [6.45, 7) is 0. The van der Waals surface area contributed by atoms with Crippen molar-refractivity contribution in [3.8, 4) is 17.2 Å². The Morgan fingerprint density at radius 3 is 2.25 bits per heavy atom. The second-order valence-electron chi connectivity index (χ2n) is 3.36. The fraction of sp³-hybridized carbons (Fsp3) is 0.0714. The first-order valence-electron chi connectivity index (χ1n) is 4.99. The van der Waals surface area contributed by atoms with Crippen molar-refractivity contribution in [1.29, 1.82) is 5.26 Å². The molecular formula is C14H11NS. The van der Waals surface area contributed by atoms with Crippen molar-refractivity contribution in [2.24, 2.45) is 0 Å². The van der Waals surface area contributed by atoms with E-state index in [4.69, 9.17) is 5.26 Å². The molecule has 0 atom stereocenters. The number of rotatable bonds is 2. The van der Waals surface area contributed by atoms with E-state index in [1.807, 2.05) is 42.7 Å². The number of hydrogen-bond donors (Lipinski definition) is 0. The predicted molar refractivity (Wildman–Crippen MR) is 68.4 cm³/mol. The van der Waals surface area contributed by atoms with Crippen molar-refractivity contribution in [3.63, 3.8) is 0 Å². The van der Waals surface area contributed by atoms with Crippen molar-refractivity contribution < 1.29 is 0 Å². The SMILES string of the molecule is CSc1ccccc1-c1ccccc1C#N. The summed E-state index contributed by atoms with van der Waals surface area (Å²) in [5.74, 6) is 0. The van der Waals surface area contributed by atoms with Crippen LogP contribution in [0, 0.1) is 11.3 Å². The van der Waals surface area contributed by atoms with Gasteiger partial charge >= 0.3 is 0 Å². The maximum Gasteiger partial charge on any atom is 0.0998 e.